The number of piperazine rings is 1. The SMILES string of the molecule is Nc1cccc(F)c1CN1CCN(C2CC2)CC1. The summed E-state index contributed by atoms with van der Waals surface area (Å²) in [6, 6.07) is 5.77. The number of hydrogen-bond donors (Lipinski definition) is 1. The van der Waals surface area contributed by atoms with Crippen LogP contribution in [0.15, 0.2) is 18.2 Å². The first kappa shape index (κ1) is 11.9. The molecule has 1 aliphatic carbocycles. The van der Waals surface area contributed by atoms with E-state index in [-0.39, 0.29) is 5.82 Å². The minimum Gasteiger partial charge on any atom is -0.398 e. The van der Waals surface area contributed by atoms with Gasteiger partial charge in [0.2, 0.25) is 0 Å². The minimum atomic E-state index is -0.181. The van der Waals surface area contributed by atoms with Crippen LogP contribution in [-0.4, -0.2) is 42.0 Å². The van der Waals surface area contributed by atoms with E-state index in [9.17, 15) is 4.39 Å². The van der Waals surface area contributed by atoms with E-state index in [1.165, 1.54) is 18.9 Å². The number of nitrogens with zero attached hydrogens (tertiary/aromatic N) is 2. The quantitative estimate of drug-likeness (QED) is 0.827. The van der Waals surface area contributed by atoms with Crippen LogP contribution in [0.1, 0.15) is 18.4 Å². The van der Waals surface area contributed by atoms with Crippen molar-refractivity contribution in [1.82, 2.24) is 9.80 Å². The summed E-state index contributed by atoms with van der Waals surface area (Å²) in [5.41, 5.74) is 7.07. The molecule has 1 saturated heterocycles. The van der Waals surface area contributed by atoms with Gasteiger partial charge in [-0.15, -0.1) is 0 Å². The zero-order valence-electron chi connectivity index (χ0n) is 10.6. The standard InChI is InChI=1S/C14H20FN3/c15-13-2-1-3-14(16)12(13)10-17-6-8-18(9-7-17)11-4-5-11/h1-3,11H,4-10,16H2. The average molecular weight is 249 g/mol. The Bertz CT molecular complexity index is 403. The van der Waals surface area contributed by atoms with Gasteiger partial charge in [0.15, 0.2) is 0 Å². The highest BCUT2D eigenvalue weighted by molar-refractivity contribution is 5.47. The predicted octanol–water partition coefficient (Wildman–Crippen LogP) is 1.69. The van der Waals surface area contributed by atoms with Crippen LogP contribution in [0.5, 0.6) is 0 Å². The maximum Gasteiger partial charge on any atom is 0.129 e. The van der Waals surface area contributed by atoms with Gasteiger partial charge in [-0.25, -0.2) is 4.39 Å². The lowest BCUT2D eigenvalue weighted by atomic mass is 10.1. The summed E-state index contributed by atoms with van der Waals surface area (Å²) in [5.74, 6) is -0.181. The van der Waals surface area contributed by atoms with Crippen LogP contribution in [0, 0.1) is 5.82 Å². The monoisotopic (exact) mass is 249 g/mol. The summed E-state index contributed by atoms with van der Waals surface area (Å²) in [6.45, 7) is 4.89. The van der Waals surface area contributed by atoms with Crippen molar-refractivity contribution >= 4 is 5.69 Å². The molecule has 0 radical (unpaired) electrons. The van der Waals surface area contributed by atoms with Gasteiger partial charge in [-0.05, 0) is 25.0 Å². The predicted molar refractivity (Wildman–Crippen MR) is 70.7 cm³/mol. The van der Waals surface area contributed by atoms with Crippen molar-refractivity contribution in [3.63, 3.8) is 0 Å². The van der Waals surface area contributed by atoms with Crippen molar-refractivity contribution in [3.05, 3.63) is 29.6 Å². The number of nitrogens with two attached hydrogens (primary N) is 1. The Labute approximate surface area is 107 Å². The molecule has 3 rings (SSSR count). The Balaban J connectivity index is 1.60. The van der Waals surface area contributed by atoms with Gasteiger partial charge in [0.1, 0.15) is 5.82 Å². The number of halogens is 1. The van der Waals surface area contributed by atoms with Crippen LogP contribution < -0.4 is 5.73 Å². The lowest BCUT2D eigenvalue weighted by Crippen LogP contribution is -2.46. The summed E-state index contributed by atoms with van der Waals surface area (Å²) in [6.07, 6.45) is 2.72. The second-order valence-corrected chi connectivity index (χ2v) is 5.35. The fourth-order valence-electron chi connectivity index (χ4n) is 2.69. The largest absolute Gasteiger partial charge is 0.398 e. The highest BCUT2D eigenvalue weighted by Crippen LogP contribution is 2.28. The lowest BCUT2D eigenvalue weighted by Gasteiger charge is -2.35. The molecule has 98 valence electrons. The summed E-state index contributed by atoms with van der Waals surface area (Å²) in [4.78, 5) is 4.86. The van der Waals surface area contributed by atoms with E-state index in [1.54, 1.807) is 12.1 Å². The first-order chi connectivity index (χ1) is 8.74. The highest BCUT2D eigenvalue weighted by Gasteiger charge is 2.31. The van der Waals surface area contributed by atoms with E-state index < -0.39 is 0 Å². The molecule has 0 atom stereocenters. The summed E-state index contributed by atoms with van der Waals surface area (Å²) >= 11 is 0. The third-order valence-corrected chi connectivity index (χ3v) is 4.01. The maximum atomic E-state index is 13.7. The highest BCUT2D eigenvalue weighted by atomic mass is 19.1. The van der Waals surface area contributed by atoms with Crippen LogP contribution in [0.25, 0.3) is 0 Å². The van der Waals surface area contributed by atoms with E-state index in [0.29, 0.717) is 17.8 Å². The molecular formula is C14H20FN3. The van der Waals surface area contributed by atoms with Gasteiger partial charge in [-0.1, -0.05) is 6.07 Å². The Hall–Kier alpha value is -1.13. The number of rotatable bonds is 3. The molecule has 0 amide bonds. The van der Waals surface area contributed by atoms with Gasteiger partial charge in [0.05, 0.1) is 0 Å². The number of nitrogen functional groups attached to an aromatic ring is 1. The van der Waals surface area contributed by atoms with Crippen molar-refractivity contribution in [1.29, 1.82) is 0 Å². The van der Waals surface area contributed by atoms with Gasteiger partial charge < -0.3 is 5.73 Å². The topological polar surface area (TPSA) is 32.5 Å². The van der Waals surface area contributed by atoms with E-state index in [4.69, 9.17) is 5.73 Å². The molecule has 4 heteroatoms. The number of benzene rings is 1. The lowest BCUT2D eigenvalue weighted by molar-refractivity contribution is 0.121. The Morgan fingerprint density at radius 3 is 2.50 bits per heavy atom. The second kappa shape index (κ2) is 4.86. The van der Waals surface area contributed by atoms with Crippen LogP contribution in [0.2, 0.25) is 0 Å². The molecule has 2 N–H and O–H groups in total. The molecule has 1 aromatic carbocycles. The molecule has 2 aliphatic rings. The van der Waals surface area contributed by atoms with E-state index in [0.717, 1.165) is 32.2 Å². The smallest absolute Gasteiger partial charge is 0.129 e. The molecule has 1 aromatic rings. The van der Waals surface area contributed by atoms with Gasteiger partial charge in [0.25, 0.3) is 0 Å². The first-order valence-electron chi connectivity index (χ1n) is 6.73. The molecule has 0 unspecified atom stereocenters. The van der Waals surface area contributed by atoms with Gasteiger partial charge in [0, 0.05) is 50.0 Å². The Morgan fingerprint density at radius 1 is 1.17 bits per heavy atom. The minimum absolute atomic E-state index is 0.181. The van der Waals surface area contributed by atoms with Crippen LogP contribution >= 0.6 is 0 Å². The van der Waals surface area contributed by atoms with Crippen LogP contribution in [-0.2, 0) is 6.54 Å². The summed E-state index contributed by atoms with van der Waals surface area (Å²) in [5, 5.41) is 0. The Morgan fingerprint density at radius 2 is 1.89 bits per heavy atom. The van der Waals surface area contributed by atoms with Gasteiger partial charge in [-0.2, -0.15) is 0 Å². The van der Waals surface area contributed by atoms with Crippen molar-refractivity contribution in [2.24, 2.45) is 0 Å². The fraction of sp³-hybridized carbons (Fsp3) is 0.571. The molecule has 0 aromatic heterocycles. The molecular weight excluding hydrogens is 229 g/mol. The van der Waals surface area contributed by atoms with Crippen LogP contribution in [0.4, 0.5) is 10.1 Å². The molecule has 3 nitrogen and oxygen atoms in total. The Kier molecular flexibility index (Phi) is 3.22. The van der Waals surface area contributed by atoms with E-state index >= 15 is 0 Å². The maximum absolute atomic E-state index is 13.7. The van der Waals surface area contributed by atoms with Crippen LogP contribution in [0.3, 0.4) is 0 Å². The summed E-state index contributed by atoms with van der Waals surface area (Å²) < 4.78 is 13.7. The van der Waals surface area contributed by atoms with Gasteiger partial charge in [-0.3, -0.25) is 9.80 Å². The van der Waals surface area contributed by atoms with Crippen molar-refractivity contribution in [2.45, 2.75) is 25.4 Å². The molecule has 1 saturated carbocycles. The third-order valence-electron chi connectivity index (χ3n) is 4.01. The third kappa shape index (κ3) is 2.49. The first-order valence-corrected chi connectivity index (χ1v) is 6.73. The average Bonchev–Trinajstić information content (AvgIpc) is 3.19. The second-order valence-electron chi connectivity index (χ2n) is 5.35. The molecule has 18 heavy (non-hydrogen) atoms. The van der Waals surface area contributed by atoms with Gasteiger partial charge >= 0.3 is 0 Å². The zero-order valence-corrected chi connectivity index (χ0v) is 10.6. The molecule has 0 spiro atoms. The van der Waals surface area contributed by atoms with E-state index in [2.05, 4.69) is 9.80 Å². The molecule has 0 bridgehead atoms. The van der Waals surface area contributed by atoms with Crippen molar-refractivity contribution in [3.8, 4) is 0 Å². The molecule has 2 fully saturated rings. The van der Waals surface area contributed by atoms with Crippen molar-refractivity contribution in [2.75, 3.05) is 31.9 Å². The summed E-state index contributed by atoms with van der Waals surface area (Å²) in [7, 11) is 0. The van der Waals surface area contributed by atoms with Crippen molar-refractivity contribution < 1.29 is 4.39 Å². The molecule has 1 heterocycles. The normalized spacial score (nSPS) is 22.3. The fourth-order valence-corrected chi connectivity index (χ4v) is 2.69. The zero-order chi connectivity index (χ0) is 12.5. The molecule has 1 aliphatic heterocycles. The van der Waals surface area contributed by atoms with E-state index in [1.807, 2.05) is 0 Å². The number of anilines is 1. The number of hydrogen-bond acceptors (Lipinski definition) is 3.